The second-order valence-electron chi connectivity index (χ2n) is 5.60. The van der Waals surface area contributed by atoms with E-state index in [2.05, 4.69) is 14.8 Å². The zero-order valence-electron chi connectivity index (χ0n) is 13.1. The predicted molar refractivity (Wildman–Crippen MR) is 76.4 cm³/mol. The van der Waals surface area contributed by atoms with Crippen LogP contribution in [0.15, 0.2) is 36.9 Å². The summed E-state index contributed by atoms with van der Waals surface area (Å²) in [4.78, 5) is 3.71. The van der Waals surface area contributed by atoms with Crippen LogP contribution in [0.3, 0.4) is 0 Å². The fraction of sp³-hybridized carbons (Fsp3) is 0.467. The summed E-state index contributed by atoms with van der Waals surface area (Å²) in [7, 11) is 0. The van der Waals surface area contributed by atoms with Gasteiger partial charge in [-0.05, 0) is 17.7 Å². The molecule has 0 fully saturated rings. The molecule has 0 saturated carbocycles. The molecule has 0 saturated heterocycles. The van der Waals surface area contributed by atoms with Crippen molar-refractivity contribution in [2.45, 2.75) is 31.6 Å². The molecule has 5 nitrogen and oxygen atoms in total. The lowest BCUT2D eigenvalue weighted by Crippen LogP contribution is -2.42. The molecule has 0 aliphatic carbocycles. The maximum atomic E-state index is 13.1. The van der Waals surface area contributed by atoms with E-state index in [4.69, 9.17) is 0 Å². The lowest BCUT2D eigenvalue weighted by atomic mass is 9.82. The number of hydrogen-bond acceptors (Lipinski definition) is 4. The first-order valence-corrected chi connectivity index (χ1v) is 7.26. The summed E-state index contributed by atoms with van der Waals surface area (Å²) < 4.78 is 68.8. The Bertz CT molecular complexity index is 666. The molecule has 1 N–H and O–H groups in total. The number of nitrogens with zero attached hydrogens (tertiary/aromatic N) is 3. The summed E-state index contributed by atoms with van der Waals surface area (Å²) in [5, 5.41) is 14.9. The molecule has 0 aliphatic heterocycles. The Morgan fingerprint density at radius 3 is 2.40 bits per heavy atom. The largest absolute Gasteiger partial charge is 0.416 e. The normalized spacial score (nSPS) is 16.0. The van der Waals surface area contributed by atoms with Crippen molar-refractivity contribution in [3.63, 3.8) is 0 Å². The highest BCUT2D eigenvalue weighted by Gasteiger charge is 2.45. The maximum Gasteiger partial charge on any atom is 0.416 e. The van der Waals surface area contributed by atoms with Crippen molar-refractivity contribution >= 4 is 0 Å². The third-order valence-electron chi connectivity index (χ3n) is 3.81. The smallest absolute Gasteiger partial charge is 0.383 e. The van der Waals surface area contributed by atoms with E-state index >= 15 is 0 Å². The Hall–Kier alpha value is -2.07. The molecule has 1 aromatic heterocycles. The standard InChI is InChI=1S/C15H16F5N3O2/c1-10(6-25-15(19,20)13(17)18)14(24,7-23-9-21-8-22-23)11-2-4-12(16)5-3-11/h2-5,8-10,13,24H,6-7H2,1H3. The van der Waals surface area contributed by atoms with Gasteiger partial charge in [0.05, 0.1) is 13.2 Å². The van der Waals surface area contributed by atoms with Crippen molar-refractivity contribution in [3.05, 3.63) is 48.3 Å². The number of halogens is 5. The van der Waals surface area contributed by atoms with Crippen LogP contribution < -0.4 is 0 Å². The van der Waals surface area contributed by atoms with E-state index in [-0.39, 0.29) is 12.1 Å². The fourth-order valence-corrected chi connectivity index (χ4v) is 2.27. The molecule has 2 unspecified atom stereocenters. The number of ether oxygens (including phenoxy) is 1. The molecule has 10 heteroatoms. The van der Waals surface area contributed by atoms with Gasteiger partial charge in [-0.25, -0.2) is 22.8 Å². The van der Waals surface area contributed by atoms with Gasteiger partial charge in [0.2, 0.25) is 0 Å². The highest BCUT2D eigenvalue weighted by Crippen LogP contribution is 2.34. The van der Waals surface area contributed by atoms with Gasteiger partial charge in [0.25, 0.3) is 0 Å². The molecule has 1 aromatic carbocycles. The van der Waals surface area contributed by atoms with E-state index in [1.807, 2.05) is 0 Å². The van der Waals surface area contributed by atoms with Crippen LogP contribution in [0.4, 0.5) is 22.0 Å². The molecule has 25 heavy (non-hydrogen) atoms. The van der Waals surface area contributed by atoms with Gasteiger partial charge >= 0.3 is 12.5 Å². The van der Waals surface area contributed by atoms with Gasteiger partial charge in [0.15, 0.2) is 0 Å². The van der Waals surface area contributed by atoms with Gasteiger partial charge in [-0.3, -0.25) is 0 Å². The van der Waals surface area contributed by atoms with E-state index in [0.29, 0.717) is 0 Å². The summed E-state index contributed by atoms with van der Waals surface area (Å²) in [6.45, 7) is 0.269. The van der Waals surface area contributed by atoms with Crippen LogP contribution in [0, 0.1) is 11.7 Å². The molecule has 2 rings (SSSR count). The molecule has 1 heterocycles. The predicted octanol–water partition coefficient (Wildman–Crippen LogP) is 2.82. The first-order valence-electron chi connectivity index (χ1n) is 7.26. The zero-order chi connectivity index (χ0) is 18.7. The Morgan fingerprint density at radius 2 is 1.88 bits per heavy atom. The molecule has 138 valence electrons. The van der Waals surface area contributed by atoms with Crippen molar-refractivity contribution in [1.29, 1.82) is 0 Å². The SMILES string of the molecule is CC(COC(F)(F)C(F)F)C(O)(Cn1cncn1)c1ccc(F)cc1. The van der Waals surface area contributed by atoms with Crippen LogP contribution >= 0.6 is 0 Å². The summed E-state index contributed by atoms with van der Waals surface area (Å²) >= 11 is 0. The van der Waals surface area contributed by atoms with Crippen LogP contribution in [0.2, 0.25) is 0 Å². The topological polar surface area (TPSA) is 60.2 Å². The van der Waals surface area contributed by atoms with Crippen LogP contribution in [0.1, 0.15) is 12.5 Å². The highest BCUT2D eigenvalue weighted by atomic mass is 19.3. The van der Waals surface area contributed by atoms with E-state index in [1.165, 1.54) is 36.4 Å². The van der Waals surface area contributed by atoms with Crippen LogP contribution in [-0.4, -0.2) is 39.0 Å². The maximum absolute atomic E-state index is 13.1. The molecule has 0 amide bonds. The van der Waals surface area contributed by atoms with Crippen LogP contribution in [0.5, 0.6) is 0 Å². The van der Waals surface area contributed by atoms with Crippen LogP contribution in [0.25, 0.3) is 0 Å². The quantitative estimate of drug-likeness (QED) is 0.731. The molecular formula is C15H16F5N3O2. The summed E-state index contributed by atoms with van der Waals surface area (Å²) in [5.74, 6) is -1.60. The summed E-state index contributed by atoms with van der Waals surface area (Å²) in [5.41, 5.74) is -1.64. The number of rotatable bonds is 8. The average molecular weight is 365 g/mol. The Labute approximate surface area is 140 Å². The Morgan fingerprint density at radius 1 is 1.24 bits per heavy atom. The highest BCUT2D eigenvalue weighted by molar-refractivity contribution is 5.24. The van der Waals surface area contributed by atoms with Crippen molar-refractivity contribution in [2.75, 3.05) is 6.61 Å². The van der Waals surface area contributed by atoms with Crippen molar-refractivity contribution in [2.24, 2.45) is 5.92 Å². The Kier molecular flexibility index (Phi) is 5.73. The molecule has 2 atom stereocenters. The second kappa shape index (κ2) is 7.44. The minimum atomic E-state index is -4.63. The van der Waals surface area contributed by atoms with Gasteiger partial charge in [-0.1, -0.05) is 19.1 Å². The number of aliphatic hydroxyl groups is 1. The minimum Gasteiger partial charge on any atom is -0.383 e. The molecule has 2 aromatic rings. The average Bonchev–Trinajstić information content (AvgIpc) is 3.05. The van der Waals surface area contributed by atoms with Crippen molar-refractivity contribution < 1.29 is 31.8 Å². The third kappa shape index (κ3) is 4.51. The number of hydrogen-bond donors (Lipinski definition) is 1. The van der Waals surface area contributed by atoms with E-state index in [9.17, 15) is 27.1 Å². The fourth-order valence-electron chi connectivity index (χ4n) is 2.27. The van der Waals surface area contributed by atoms with Crippen molar-refractivity contribution in [1.82, 2.24) is 14.8 Å². The van der Waals surface area contributed by atoms with Crippen molar-refractivity contribution in [3.8, 4) is 0 Å². The molecule has 0 radical (unpaired) electrons. The Balaban J connectivity index is 2.25. The van der Waals surface area contributed by atoms with Gasteiger partial charge in [0.1, 0.15) is 24.1 Å². The number of benzene rings is 1. The van der Waals surface area contributed by atoms with E-state index in [1.54, 1.807) is 0 Å². The van der Waals surface area contributed by atoms with E-state index < -0.39 is 36.5 Å². The van der Waals surface area contributed by atoms with Gasteiger partial charge in [-0.15, -0.1) is 0 Å². The molecule has 0 aliphatic rings. The van der Waals surface area contributed by atoms with Gasteiger partial charge in [0, 0.05) is 5.92 Å². The molecule has 0 spiro atoms. The molecule has 0 bridgehead atoms. The van der Waals surface area contributed by atoms with Crippen LogP contribution in [-0.2, 0) is 16.9 Å². The number of alkyl halides is 4. The lowest BCUT2D eigenvalue weighted by molar-refractivity contribution is -0.308. The first kappa shape index (κ1) is 19.3. The summed E-state index contributed by atoms with van der Waals surface area (Å²) in [6, 6.07) is 4.72. The lowest BCUT2D eigenvalue weighted by Gasteiger charge is -2.35. The minimum absolute atomic E-state index is 0.195. The first-order chi connectivity index (χ1) is 11.6. The number of aromatic nitrogens is 3. The summed E-state index contributed by atoms with van der Waals surface area (Å²) in [6.07, 6.45) is -6.13. The van der Waals surface area contributed by atoms with Gasteiger partial charge < -0.3 is 9.84 Å². The molecular weight excluding hydrogens is 349 g/mol. The zero-order valence-corrected chi connectivity index (χ0v) is 13.1. The second-order valence-corrected chi connectivity index (χ2v) is 5.60. The van der Waals surface area contributed by atoms with Gasteiger partial charge in [-0.2, -0.15) is 13.9 Å². The monoisotopic (exact) mass is 365 g/mol. The third-order valence-corrected chi connectivity index (χ3v) is 3.81. The van der Waals surface area contributed by atoms with E-state index in [0.717, 1.165) is 12.1 Å².